The molecule has 2 N–H and O–H groups in total. The van der Waals surface area contributed by atoms with Crippen LogP contribution in [0.1, 0.15) is 5.56 Å². The van der Waals surface area contributed by atoms with Crippen molar-refractivity contribution in [1.29, 1.82) is 5.26 Å². The second-order valence-corrected chi connectivity index (χ2v) is 6.06. The predicted molar refractivity (Wildman–Crippen MR) is 75.0 cm³/mol. The molecule has 5 nitrogen and oxygen atoms in total. The number of rotatable bonds is 3. The van der Waals surface area contributed by atoms with Gasteiger partial charge in [-0.2, -0.15) is 5.26 Å². The number of anilines is 1. The number of phenolic OH excluding ortho intramolecular Hbond substituents is 1. The number of phenols is 1. The van der Waals surface area contributed by atoms with Crippen LogP contribution in [0.3, 0.4) is 0 Å². The molecule has 0 aliphatic carbocycles. The molecule has 0 bridgehead atoms. The highest BCUT2D eigenvalue weighted by atomic mass is 35.5. The molecule has 0 aliphatic heterocycles. The van der Waals surface area contributed by atoms with Gasteiger partial charge in [-0.25, -0.2) is 12.8 Å². The van der Waals surface area contributed by atoms with Crippen molar-refractivity contribution in [3.05, 3.63) is 52.8 Å². The lowest BCUT2D eigenvalue weighted by atomic mass is 10.2. The fourth-order valence-corrected chi connectivity index (χ4v) is 3.06. The molecule has 21 heavy (non-hydrogen) atoms. The van der Waals surface area contributed by atoms with Gasteiger partial charge in [-0.1, -0.05) is 23.7 Å². The van der Waals surface area contributed by atoms with Gasteiger partial charge in [0.05, 0.1) is 16.3 Å². The minimum Gasteiger partial charge on any atom is -0.504 e. The van der Waals surface area contributed by atoms with Crippen LogP contribution in [0.25, 0.3) is 0 Å². The maximum atomic E-state index is 13.2. The first-order valence-electron chi connectivity index (χ1n) is 5.55. The van der Waals surface area contributed by atoms with Crippen LogP contribution in [0, 0.1) is 17.1 Å². The van der Waals surface area contributed by atoms with Gasteiger partial charge in [0.25, 0.3) is 10.0 Å². The van der Waals surface area contributed by atoms with Crippen LogP contribution in [0.2, 0.25) is 5.02 Å². The molecular formula is C13H8ClFN2O3S. The molecule has 0 radical (unpaired) electrons. The van der Waals surface area contributed by atoms with E-state index in [4.69, 9.17) is 16.9 Å². The predicted octanol–water partition coefficient (Wildman–Crippen LogP) is 2.86. The Bertz CT molecular complexity index is 847. The molecule has 0 heterocycles. The van der Waals surface area contributed by atoms with Crippen molar-refractivity contribution >= 4 is 27.3 Å². The zero-order valence-electron chi connectivity index (χ0n) is 10.3. The van der Waals surface area contributed by atoms with Crippen LogP contribution in [-0.2, 0) is 10.0 Å². The van der Waals surface area contributed by atoms with Crippen LogP contribution in [0.15, 0.2) is 41.3 Å². The normalized spacial score (nSPS) is 10.9. The van der Waals surface area contributed by atoms with Gasteiger partial charge in [-0.3, -0.25) is 4.72 Å². The third-order valence-corrected chi connectivity index (χ3v) is 4.28. The highest BCUT2D eigenvalue weighted by Gasteiger charge is 2.21. The molecule has 0 amide bonds. The molecule has 2 rings (SSSR count). The minimum absolute atomic E-state index is 0.0769. The topological polar surface area (TPSA) is 90.2 Å². The number of hydrogen-bond acceptors (Lipinski definition) is 4. The Balaban J connectivity index is 2.51. The van der Waals surface area contributed by atoms with Crippen LogP contribution in [0.4, 0.5) is 10.1 Å². The van der Waals surface area contributed by atoms with Crippen molar-refractivity contribution in [3.63, 3.8) is 0 Å². The van der Waals surface area contributed by atoms with Gasteiger partial charge in [0.1, 0.15) is 16.8 Å². The fraction of sp³-hybridized carbons (Fsp3) is 0. The first kappa shape index (κ1) is 15.1. The van der Waals surface area contributed by atoms with Gasteiger partial charge >= 0.3 is 0 Å². The van der Waals surface area contributed by atoms with E-state index in [1.54, 1.807) is 6.07 Å². The molecule has 0 saturated heterocycles. The van der Waals surface area contributed by atoms with E-state index in [1.165, 1.54) is 24.3 Å². The van der Waals surface area contributed by atoms with Crippen molar-refractivity contribution in [1.82, 2.24) is 0 Å². The van der Waals surface area contributed by atoms with E-state index in [0.717, 1.165) is 12.1 Å². The van der Waals surface area contributed by atoms with Gasteiger partial charge in [0.2, 0.25) is 0 Å². The number of nitrogens with zero attached hydrogens (tertiary/aromatic N) is 1. The summed E-state index contributed by atoms with van der Waals surface area (Å²) in [5.41, 5.74) is -0.486. The summed E-state index contributed by atoms with van der Waals surface area (Å²) in [5, 5.41) is 18.3. The van der Waals surface area contributed by atoms with E-state index >= 15 is 0 Å². The summed E-state index contributed by atoms with van der Waals surface area (Å²) in [4.78, 5) is -0.285. The van der Waals surface area contributed by atoms with Gasteiger partial charge < -0.3 is 5.11 Å². The zero-order chi connectivity index (χ0) is 15.6. The largest absolute Gasteiger partial charge is 0.504 e. The average Bonchev–Trinajstić information content (AvgIpc) is 2.44. The van der Waals surface area contributed by atoms with Crippen LogP contribution >= 0.6 is 11.6 Å². The Kier molecular flexibility index (Phi) is 4.02. The average molecular weight is 327 g/mol. The van der Waals surface area contributed by atoms with Crippen molar-refractivity contribution in [2.24, 2.45) is 0 Å². The van der Waals surface area contributed by atoms with Crippen molar-refractivity contribution in [2.75, 3.05) is 4.72 Å². The van der Waals surface area contributed by atoms with Crippen LogP contribution in [-0.4, -0.2) is 13.5 Å². The molecule has 0 spiro atoms. The first-order valence-corrected chi connectivity index (χ1v) is 7.41. The summed E-state index contributed by atoms with van der Waals surface area (Å²) in [6.45, 7) is 0. The molecule has 2 aromatic carbocycles. The Labute approximate surface area is 125 Å². The molecule has 0 unspecified atom stereocenters. The summed E-state index contributed by atoms with van der Waals surface area (Å²) in [7, 11) is -4.17. The Morgan fingerprint density at radius 2 is 1.95 bits per heavy atom. The van der Waals surface area contributed by atoms with Gasteiger partial charge in [-0.15, -0.1) is 0 Å². The first-order chi connectivity index (χ1) is 9.85. The molecule has 0 fully saturated rings. The summed E-state index contributed by atoms with van der Waals surface area (Å²) in [6.07, 6.45) is 0. The van der Waals surface area contributed by atoms with Crippen molar-refractivity contribution < 1.29 is 17.9 Å². The van der Waals surface area contributed by atoms with Gasteiger partial charge in [0, 0.05) is 6.07 Å². The van der Waals surface area contributed by atoms with Crippen molar-refractivity contribution in [3.8, 4) is 11.8 Å². The monoisotopic (exact) mass is 326 g/mol. The van der Waals surface area contributed by atoms with Gasteiger partial charge in [-0.05, 0) is 18.2 Å². The molecule has 0 aromatic heterocycles. The lowest BCUT2D eigenvalue weighted by Crippen LogP contribution is -2.14. The summed E-state index contributed by atoms with van der Waals surface area (Å²) in [5.74, 6) is -1.42. The number of hydrogen-bond donors (Lipinski definition) is 2. The lowest BCUT2D eigenvalue weighted by molar-refractivity contribution is 0.476. The van der Waals surface area contributed by atoms with Gasteiger partial charge in [0.15, 0.2) is 5.75 Å². The Morgan fingerprint density at radius 3 is 2.62 bits per heavy atom. The molecule has 0 saturated carbocycles. The quantitative estimate of drug-likeness (QED) is 0.849. The number of nitriles is 1. The number of sulfonamides is 1. The van der Waals surface area contributed by atoms with Crippen molar-refractivity contribution in [2.45, 2.75) is 4.90 Å². The highest BCUT2D eigenvalue weighted by molar-refractivity contribution is 7.92. The number of halogens is 2. The Hall–Kier alpha value is -2.30. The maximum absolute atomic E-state index is 13.2. The number of benzene rings is 2. The van der Waals surface area contributed by atoms with E-state index in [1.807, 2.05) is 4.72 Å². The number of aromatic hydroxyl groups is 1. The van der Waals surface area contributed by atoms with E-state index < -0.39 is 27.3 Å². The Morgan fingerprint density at radius 1 is 1.29 bits per heavy atom. The zero-order valence-corrected chi connectivity index (χ0v) is 11.9. The number of nitrogens with one attached hydrogen (secondary N) is 1. The third kappa shape index (κ3) is 3.07. The SMILES string of the molecule is N#Cc1ccccc1S(=O)(=O)Nc1cc(F)cc(Cl)c1O. The molecule has 0 atom stereocenters. The van der Waals surface area contributed by atoms with E-state index in [9.17, 15) is 17.9 Å². The maximum Gasteiger partial charge on any atom is 0.263 e. The summed E-state index contributed by atoms with van der Waals surface area (Å²) >= 11 is 5.58. The molecule has 0 aliphatic rings. The standard InChI is InChI=1S/C13H8ClFN2O3S/c14-10-5-9(15)6-11(13(10)18)17-21(19,20)12-4-2-1-3-8(12)7-16/h1-6,17-18H. The second-order valence-electron chi connectivity index (χ2n) is 4.00. The molecule has 8 heteroatoms. The van der Waals surface area contributed by atoms with E-state index in [2.05, 4.69) is 0 Å². The highest BCUT2D eigenvalue weighted by Crippen LogP contribution is 2.34. The molecule has 108 valence electrons. The minimum atomic E-state index is -4.17. The summed E-state index contributed by atoms with van der Waals surface area (Å²) in [6, 6.07) is 8.87. The third-order valence-electron chi connectivity index (χ3n) is 2.57. The van der Waals surface area contributed by atoms with E-state index in [0.29, 0.717) is 0 Å². The summed E-state index contributed by atoms with van der Waals surface area (Å²) < 4.78 is 39.7. The smallest absolute Gasteiger partial charge is 0.263 e. The molecular weight excluding hydrogens is 319 g/mol. The fourth-order valence-electron chi connectivity index (χ4n) is 1.64. The second kappa shape index (κ2) is 5.60. The van der Waals surface area contributed by atoms with E-state index in [-0.39, 0.29) is 15.5 Å². The van der Waals surface area contributed by atoms with Crippen LogP contribution < -0.4 is 4.72 Å². The van der Waals surface area contributed by atoms with Crippen LogP contribution in [0.5, 0.6) is 5.75 Å². The molecule has 2 aromatic rings. The lowest BCUT2D eigenvalue weighted by Gasteiger charge is -2.11.